The second-order valence-electron chi connectivity index (χ2n) is 5.72. The zero-order valence-electron chi connectivity index (χ0n) is 14.3. The highest BCUT2D eigenvalue weighted by molar-refractivity contribution is 7.18. The third-order valence-corrected chi connectivity index (χ3v) is 4.66. The fourth-order valence-electron chi connectivity index (χ4n) is 2.42. The van der Waals surface area contributed by atoms with Crippen molar-refractivity contribution in [1.29, 1.82) is 0 Å². The van der Waals surface area contributed by atoms with E-state index in [2.05, 4.69) is 10.3 Å². The lowest BCUT2D eigenvalue weighted by Crippen LogP contribution is -2.24. The van der Waals surface area contributed by atoms with Gasteiger partial charge in [0.05, 0.1) is 28.5 Å². The maximum atomic E-state index is 12.0. The van der Waals surface area contributed by atoms with Gasteiger partial charge in [-0.15, -0.1) is 11.3 Å². The number of nitrogens with one attached hydrogen (secondary N) is 1. The SMILES string of the molecule is COCC(O)CNc1ccc2nc(COC(=O)c3ccccc3)sc2c1. The monoisotopic (exact) mass is 372 g/mol. The van der Waals surface area contributed by atoms with Crippen LogP contribution in [0.3, 0.4) is 0 Å². The van der Waals surface area contributed by atoms with Crippen molar-refractivity contribution < 1.29 is 19.4 Å². The van der Waals surface area contributed by atoms with Gasteiger partial charge in [0.1, 0.15) is 11.6 Å². The van der Waals surface area contributed by atoms with Gasteiger partial charge < -0.3 is 19.9 Å². The summed E-state index contributed by atoms with van der Waals surface area (Å²) in [6.45, 7) is 0.828. The van der Waals surface area contributed by atoms with Crippen LogP contribution in [0, 0.1) is 0 Å². The molecule has 136 valence electrons. The van der Waals surface area contributed by atoms with Crippen LogP contribution in [0.25, 0.3) is 10.2 Å². The van der Waals surface area contributed by atoms with Crippen LogP contribution in [-0.2, 0) is 16.1 Å². The Bertz CT molecular complexity index is 866. The van der Waals surface area contributed by atoms with E-state index in [0.717, 1.165) is 20.9 Å². The summed E-state index contributed by atoms with van der Waals surface area (Å²) in [4.78, 5) is 16.5. The Morgan fingerprint density at radius 3 is 2.85 bits per heavy atom. The fourth-order valence-corrected chi connectivity index (χ4v) is 3.34. The van der Waals surface area contributed by atoms with Gasteiger partial charge in [-0.3, -0.25) is 0 Å². The average Bonchev–Trinajstić information content (AvgIpc) is 3.07. The normalized spacial score (nSPS) is 12.1. The number of anilines is 1. The summed E-state index contributed by atoms with van der Waals surface area (Å²) >= 11 is 1.48. The number of thiazole rings is 1. The molecule has 0 spiro atoms. The standard InChI is InChI=1S/C19H20N2O4S/c1-24-11-15(22)10-20-14-7-8-16-17(9-14)26-18(21-16)12-25-19(23)13-5-3-2-4-6-13/h2-9,15,20,22H,10-12H2,1H3. The molecule has 1 atom stereocenters. The molecule has 1 heterocycles. The molecule has 0 fully saturated rings. The second kappa shape index (κ2) is 8.75. The highest BCUT2D eigenvalue weighted by Crippen LogP contribution is 2.26. The highest BCUT2D eigenvalue weighted by atomic mass is 32.1. The number of ether oxygens (including phenoxy) is 2. The van der Waals surface area contributed by atoms with Gasteiger partial charge in [0.15, 0.2) is 0 Å². The third-order valence-electron chi connectivity index (χ3n) is 3.67. The van der Waals surface area contributed by atoms with Gasteiger partial charge in [-0.2, -0.15) is 0 Å². The van der Waals surface area contributed by atoms with E-state index in [1.165, 1.54) is 11.3 Å². The van der Waals surface area contributed by atoms with Crippen molar-refractivity contribution in [2.75, 3.05) is 25.6 Å². The molecule has 0 amide bonds. The van der Waals surface area contributed by atoms with E-state index in [0.29, 0.717) is 12.1 Å². The Kier molecular flexibility index (Phi) is 6.17. The van der Waals surface area contributed by atoms with Crippen molar-refractivity contribution in [2.45, 2.75) is 12.7 Å². The first-order valence-corrected chi connectivity index (χ1v) is 9.00. The largest absolute Gasteiger partial charge is 0.455 e. The Morgan fingerprint density at radius 1 is 1.27 bits per heavy atom. The number of methoxy groups -OCH3 is 1. The first-order chi connectivity index (χ1) is 12.7. The molecule has 0 aliphatic carbocycles. The van der Waals surface area contributed by atoms with E-state index >= 15 is 0 Å². The minimum Gasteiger partial charge on any atom is -0.455 e. The van der Waals surface area contributed by atoms with Gasteiger partial charge in [0, 0.05) is 19.3 Å². The lowest BCUT2D eigenvalue weighted by Gasteiger charge is -2.11. The van der Waals surface area contributed by atoms with Crippen LogP contribution >= 0.6 is 11.3 Å². The molecule has 0 aliphatic heterocycles. The number of carbonyl (C=O) groups is 1. The van der Waals surface area contributed by atoms with Gasteiger partial charge in [-0.1, -0.05) is 18.2 Å². The van der Waals surface area contributed by atoms with Gasteiger partial charge in [-0.25, -0.2) is 9.78 Å². The number of fused-ring (bicyclic) bond motifs is 1. The molecule has 3 aromatic rings. The minimum atomic E-state index is -0.565. The van der Waals surface area contributed by atoms with Crippen molar-refractivity contribution in [3.05, 3.63) is 59.1 Å². The maximum Gasteiger partial charge on any atom is 0.338 e. The van der Waals surface area contributed by atoms with E-state index in [1.54, 1.807) is 31.4 Å². The van der Waals surface area contributed by atoms with Gasteiger partial charge >= 0.3 is 5.97 Å². The van der Waals surface area contributed by atoms with Gasteiger partial charge in [0.2, 0.25) is 0 Å². The van der Waals surface area contributed by atoms with Crippen LogP contribution in [0.15, 0.2) is 48.5 Å². The topological polar surface area (TPSA) is 80.7 Å². The first-order valence-electron chi connectivity index (χ1n) is 8.18. The summed E-state index contributed by atoms with van der Waals surface area (Å²) in [5, 5.41) is 13.6. The van der Waals surface area contributed by atoms with Crippen LogP contribution in [0.4, 0.5) is 5.69 Å². The fraction of sp³-hybridized carbons (Fsp3) is 0.263. The molecule has 0 saturated heterocycles. The maximum absolute atomic E-state index is 12.0. The number of hydrogen-bond acceptors (Lipinski definition) is 7. The molecule has 0 bridgehead atoms. The summed E-state index contributed by atoms with van der Waals surface area (Å²) in [6.07, 6.45) is -0.565. The summed E-state index contributed by atoms with van der Waals surface area (Å²) in [7, 11) is 1.55. The first kappa shape index (κ1) is 18.3. The summed E-state index contributed by atoms with van der Waals surface area (Å²) in [5.41, 5.74) is 2.27. The summed E-state index contributed by atoms with van der Waals surface area (Å²) < 4.78 is 11.2. The molecule has 1 aromatic heterocycles. The number of aliphatic hydroxyl groups is 1. The predicted octanol–water partition coefficient (Wildman–Crippen LogP) is 3.07. The molecule has 0 aliphatic rings. The van der Waals surface area contributed by atoms with Gasteiger partial charge in [-0.05, 0) is 30.3 Å². The molecule has 1 unspecified atom stereocenters. The second-order valence-corrected chi connectivity index (χ2v) is 6.84. The van der Waals surface area contributed by atoms with Crippen LogP contribution in [0.2, 0.25) is 0 Å². The van der Waals surface area contributed by atoms with Crippen molar-refractivity contribution >= 4 is 33.2 Å². The Balaban J connectivity index is 1.61. The molecular weight excluding hydrogens is 352 g/mol. The summed E-state index contributed by atoms with van der Waals surface area (Å²) in [6, 6.07) is 14.7. The molecule has 0 radical (unpaired) electrons. The van der Waals surface area contributed by atoms with Crippen molar-refractivity contribution in [3.8, 4) is 0 Å². The molecule has 6 nitrogen and oxygen atoms in total. The van der Waals surface area contributed by atoms with E-state index in [-0.39, 0.29) is 19.2 Å². The number of rotatable bonds is 8. The van der Waals surface area contributed by atoms with E-state index in [9.17, 15) is 9.90 Å². The number of aliphatic hydroxyl groups excluding tert-OH is 1. The van der Waals surface area contributed by atoms with Crippen LogP contribution in [-0.4, -0.2) is 42.4 Å². The quantitative estimate of drug-likeness (QED) is 0.592. The molecule has 3 rings (SSSR count). The number of carbonyl (C=O) groups excluding carboxylic acids is 1. The van der Waals surface area contributed by atoms with Crippen molar-refractivity contribution in [3.63, 3.8) is 0 Å². The predicted molar refractivity (Wildman–Crippen MR) is 102 cm³/mol. The van der Waals surface area contributed by atoms with Crippen LogP contribution in [0.1, 0.15) is 15.4 Å². The molecular formula is C19H20N2O4S. The molecule has 26 heavy (non-hydrogen) atoms. The van der Waals surface area contributed by atoms with E-state index < -0.39 is 6.10 Å². The molecule has 7 heteroatoms. The lowest BCUT2D eigenvalue weighted by atomic mass is 10.2. The highest BCUT2D eigenvalue weighted by Gasteiger charge is 2.10. The number of hydrogen-bond donors (Lipinski definition) is 2. The van der Waals surface area contributed by atoms with Crippen LogP contribution < -0.4 is 5.32 Å². The van der Waals surface area contributed by atoms with Crippen LogP contribution in [0.5, 0.6) is 0 Å². The zero-order chi connectivity index (χ0) is 18.4. The molecule has 2 N–H and O–H groups in total. The zero-order valence-corrected chi connectivity index (χ0v) is 15.2. The van der Waals surface area contributed by atoms with Crippen molar-refractivity contribution in [2.24, 2.45) is 0 Å². The number of benzene rings is 2. The number of esters is 1. The average molecular weight is 372 g/mol. The van der Waals surface area contributed by atoms with Gasteiger partial charge in [0.25, 0.3) is 0 Å². The molecule has 0 saturated carbocycles. The lowest BCUT2D eigenvalue weighted by molar-refractivity contribution is 0.0472. The van der Waals surface area contributed by atoms with E-state index in [4.69, 9.17) is 9.47 Å². The number of nitrogens with zero attached hydrogens (tertiary/aromatic N) is 1. The third kappa shape index (κ3) is 4.78. The Labute approximate surface area is 155 Å². The summed E-state index contributed by atoms with van der Waals surface area (Å²) in [5.74, 6) is -0.362. The number of aromatic nitrogens is 1. The molecule has 2 aromatic carbocycles. The minimum absolute atomic E-state index is 0.141. The smallest absolute Gasteiger partial charge is 0.338 e. The Morgan fingerprint density at radius 2 is 2.08 bits per heavy atom. The van der Waals surface area contributed by atoms with Crippen molar-refractivity contribution in [1.82, 2.24) is 4.98 Å². The Hall–Kier alpha value is -2.48. The van der Waals surface area contributed by atoms with E-state index in [1.807, 2.05) is 24.3 Å².